The average molecular weight is 360 g/mol. The van der Waals surface area contributed by atoms with Gasteiger partial charge in [-0.05, 0) is 17.7 Å². The van der Waals surface area contributed by atoms with Crippen LogP contribution in [-0.2, 0) is 13.0 Å². The van der Waals surface area contributed by atoms with Crippen molar-refractivity contribution in [2.45, 2.75) is 13.0 Å². The van der Waals surface area contributed by atoms with Crippen LogP contribution in [-0.4, -0.2) is 55.0 Å². The SMILES string of the molecule is ClCCN1CCN(Cc2cc(Br)cc3c2OCC3)CC1. The lowest BCUT2D eigenvalue weighted by molar-refractivity contribution is 0.131. The summed E-state index contributed by atoms with van der Waals surface area (Å²) in [4.78, 5) is 4.94. The Morgan fingerprint density at radius 3 is 2.65 bits per heavy atom. The third kappa shape index (κ3) is 3.30. The Balaban J connectivity index is 1.64. The van der Waals surface area contributed by atoms with Crippen LogP contribution in [0.2, 0.25) is 0 Å². The summed E-state index contributed by atoms with van der Waals surface area (Å²) in [6, 6.07) is 4.39. The topological polar surface area (TPSA) is 15.7 Å². The maximum Gasteiger partial charge on any atom is 0.127 e. The van der Waals surface area contributed by atoms with Gasteiger partial charge in [0.05, 0.1) is 6.61 Å². The van der Waals surface area contributed by atoms with Crippen molar-refractivity contribution in [1.29, 1.82) is 0 Å². The van der Waals surface area contributed by atoms with Gasteiger partial charge in [0.1, 0.15) is 5.75 Å². The van der Waals surface area contributed by atoms with Crippen LogP contribution < -0.4 is 4.74 Å². The van der Waals surface area contributed by atoms with E-state index in [2.05, 4.69) is 37.9 Å². The number of nitrogens with zero attached hydrogens (tertiary/aromatic N) is 2. The Morgan fingerprint density at radius 2 is 1.90 bits per heavy atom. The van der Waals surface area contributed by atoms with E-state index in [1.165, 1.54) is 11.1 Å². The molecular formula is C15H20BrClN2O. The molecule has 0 unspecified atom stereocenters. The van der Waals surface area contributed by atoms with Crippen molar-refractivity contribution >= 4 is 27.5 Å². The molecular weight excluding hydrogens is 340 g/mol. The van der Waals surface area contributed by atoms with Crippen molar-refractivity contribution in [3.63, 3.8) is 0 Å². The van der Waals surface area contributed by atoms with Gasteiger partial charge in [-0.15, -0.1) is 11.6 Å². The Bertz CT molecular complexity index is 475. The van der Waals surface area contributed by atoms with Gasteiger partial charge < -0.3 is 4.74 Å². The minimum absolute atomic E-state index is 0.729. The third-order valence-electron chi connectivity index (χ3n) is 4.08. The molecule has 0 saturated carbocycles. The van der Waals surface area contributed by atoms with E-state index in [1.807, 2.05) is 0 Å². The molecule has 3 nitrogen and oxygen atoms in total. The highest BCUT2D eigenvalue weighted by atomic mass is 79.9. The molecule has 0 bridgehead atoms. The quantitative estimate of drug-likeness (QED) is 0.769. The monoisotopic (exact) mass is 358 g/mol. The van der Waals surface area contributed by atoms with Crippen LogP contribution in [0.1, 0.15) is 11.1 Å². The van der Waals surface area contributed by atoms with Gasteiger partial charge >= 0.3 is 0 Å². The lowest BCUT2D eigenvalue weighted by Crippen LogP contribution is -2.46. The molecule has 2 heterocycles. The molecule has 0 aromatic heterocycles. The van der Waals surface area contributed by atoms with Crippen molar-refractivity contribution in [1.82, 2.24) is 9.80 Å². The van der Waals surface area contributed by atoms with Crippen LogP contribution >= 0.6 is 27.5 Å². The highest BCUT2D eigenvalue weighted by Crippen LogP contribution is 2.33. The Kier molecular flexibility index (Phi) is 4.87. The summed E-state index contributed by atoms with van der Waals surface area (Å²) in [5, 5.41) is 0. The van der Waals surface area contributed by atoms with Gasteiger partial charge in [-0.25, -0.2) is 0 Å². The van der Waals surface area contributed by atoms with E-state index >= 15 is 0 Å². The van der Waals surface area contributed by atoms with Crippen molar-refractivity contribution in [3.8, 4) is 5.75 Å². The van der Waals surface area contributed by atoms with Crippen molar-refractivity contribution < 1.29 is 4.74 Å². The molecule has 3 rings (SSSR count). The number of halogens is 2. The van der Waals surface area contributed by atoms with Crippen molar-refractivity contribution in [3.05, 3.63) is 27.7 Å². The average Bonchev–Trinajstić information content (AvgIpc) is 2.89. The Labute approximate surface area is 134 Å². The summed E-state index contributed by atoms with van der Waals surface area (Å²) >= 11 is 9.42. The van der Waals surface area contributed by atoms with Crippen molar-refractivity contribution in [2.75, 3.05) is 45.2 Å². The lowest BCUT2D eigenvalue weighted by Gasteiger charge is -2.34. The lowest BCUT2D eigenvalue weighted by atomic mass is 10.1. The maximum atomic E-state index is 5.81. The second-order valence-electron chi connectivity index (χ2n) is 5.46. The summed E-state index contributed by atoms with van der Waals surface area (Å²) in [6.07, 6.45) is 1.03. The first-order valence-electron chi connectivity index (χ1n) is 7.21. The molecule has 1 aromatic carbocycles. The fourth-order valence-electron chi connectivity index (χ4n) is 2.99. The molecule has 20 heavy (non-hydrogen) atoms. The molecule has 1 saturated heterocycles. The standard InChI is InChI=1S/C15H20BrClN2O/c16-14-9-12-1-8-20-15(12)13(10-14)11-19-6-4-18(3-2-17)5-7-19/h9-10H,1-8,11H2. The molecule has 2 aliphatic rings. The number of rotatable bonds is 4. The zero-order valence-electron chi connectivity index (χ0n) is 11.6. The van der Waals surface area contributed by atoms with Gasteiger partial charge in [0.15, 0.2) is 0 Å². The molecule has 2 aliphatic heterocycles. The fourth-order valence-corrected chi connectivity index (χ4v) is 3.79. The number of hydrogen-bond acceptors (Lipinski definition) is 3. The predicted molar refractivity (Wildman–Crippen MR) is 85.8 cm³/mol. The van der Waals surface area contributed by atoms with Crippen LogP contribution in [0, 0.1) is 0 Å². The number of alkyl halides is 1. The summed E-state index contributed by atoms with van der Waals surface area (Å²) in [7, 11) is 0. The number of fused-ring (bicyclic) bond motifs is 1. The highest BCUT2D eigenvalue weighted by Gasteiger charge is 2.21. The number of ether oxygens (including phenoxy) is 1. The molecule has 110 valence electrons. The van der Waals surface area contributed by atoms with Crippen LogP contribution in [0.25, 0.3) is 0 Å². The maximum absolute atomic E-state index is 5.81. The molecule has 5 heteroatoms. The molecule has 0 spiro atoms. The van der Waals surface area contributed by atoms with E-state index in [-0.39, 0.29) is 0 Å². The van der Waals surface area contributed by atoms with Crippen LogP contribution in [0.15, 0.2) is 16.6 Å². The smallest absolute Gasteiger partial charge is 0.127 e. The molecule has 0 N–H and O–H groups in total. The molecule has 1 aromatic rings. The van der Waals surface area contributed by atoms with Crippen LogP contribution in [0.5, 0.6) is 5.75 Å². The van der Waals surface area contributed by atoms with Gasteiger partial charge in [0, 0.05) is 61.6 Å². The molecule has 0 aliphatic carbocycles. The third-order valence-corrected chi connectivity index (χ3v) is 4.71. The highest BCUT2D eigenvalue weighted by molar-refractivity contribution is 9.10. The van der Waals surface area contributed by atoms with E-state index in [0.717, 1.165) is 68.4 Å². The van der Waals surface area contributed by atoms with Gasteiger partial charge in [-0.3, -0.25) is 9.80 Å². The Hall–Kier alpha value is -0.290. The first-order valence-corrected chi connectivity index (χ1v) is 8.54. The van der Waals surface area contributed by atoms with Gasteiger partial charge in [0.2, 0.25) is 0 Å². The van der Waals surface area contributed by atoms with Crippen molar-refractivity contribution in [2.24, 2.45) is 0 Å². The zero-order chi connectivity index (χ0) is 13.9. The molecule has 0 radical (unpaired) electrons. The summed E-state index contributed by atoms with van der Waals surface area (Å²) in [6.45, 7) is 7.26. The predicted octanol–water partition coefficient (Wildman–Crippen LogP) is 2.74. The van der Waals surface area contributed by atoms with Gasteiger partial charge in [-0.1, -0.05) is 15.9 Å². The summed E-state index contributed by atoms with van der Waals surface area (Å²) in [5.41, 5.74) is 2.66. The van der Waals surface area contributed by atoms with Crippen LogP contribution in [0.4, 0.5) is 0 Å². The normalized spacial score (nSPS) is 19.9. The largest absolute Gasteiger partial charge is 0.493 e. The summed E-state index contributed by atoms with van der Waals surface area (Å²) in [5.74, 6) is 1.85. The van der Waals surface area contributed by atoms with Gasteiger partial charge in [-0.2, -0.15) is 0 Å². The Morgan fingerprint density at radius 1 is 1.15 bits per heavy atom. The van der Waals surface area contributed by atoms with E-state index in [4.69, 9.17) is 16.3 Å². The zero-order valence-corrected chi connectivity index (χ0v) is 13.9. The minimum Gasteiger partial charge on any atom is -0.493 e. The molecule has 0 amide bonds. The van der Waals surface area contributed by atoms with E-state index in [9.17, 15) is 0 Å². The first kappa shape index (κ1) is 14.6. The van der Waals surface area contributed by atoms with E-state index in [1.54, 1.807) is 0 Å². The van der Waals surface area contributed by atoms with Crippen LogP contribution in [0.3, 0.4) is 0 Å². The van der Waals surface area contributed by atoms with E-state index < -0.39 is 0 Å². The molecule has 1 fully saturated rings. The second-order valence-corrected chi connectivity index (χ2v) is 6.75. The first-order chi connectivity index (χ1) is 9.76. The molecule has 0 atom stereocenters. The number of hydrogen-bond donors (Lipinski definition) is 0. The van der Waals surface area contributed by atoms with Gasteiger partial charge in [0.25, 0.3) is 0 Å². The fraction of sp³-hybridized carbons (Fsp3) is 0.600. The summed E-state index contributed by atoms with van der Waals surface area (Å²) < 4.78 is 6.97. The number of benzene rings is 1. The number of piperazine rings is 1. The second kappa shape index (κ2) is 6.65. The van der Waals surface area contributed by atoms with E-state index in [0.29, 0.717) is 0 Å². The minimum atomic E-state index is 0.729.